The zero-order valence-electron chi connectivity index (χ0n) is 24.3. The van der Waals surface area contributed by atoms with E-state index in [9.17, 15) is 14.9 Å². The van der Waals surface area contributed by atoms with Gasteiger partial charge in [-0.2, -0.15) is 5.26 Å². The lowest BCUT2D eigenvalue weighted by Crippen LogP contribution is -2.30. The van der Waals surface area contributed by atoms with E-state index in [2.05, 4.69) is 10.9 Å². The standard InChI is InChI=1S/C40H22N4O2/c1-42-28-19-21-32-31-20-18-25(24-41)22-35(31)43(36(32)23-28)34-17-9-16-33-37(34)40(46)44(39(33)45)38-29(26-10-4-2-5-11-26)14-8-15-30(38)27-12-6-3-7-13-27/h2-23H. The van der Waals surface area contributed by atoms with Crippen LogP contribution in [0.3, 0.4) is 0 Å². The number of rotatable bonds is 4. The van der Waals surface area contributed by atoms with Crippen LogP contribution in [0.15, 0.2) is 133 Å². The molecule has 0 bridgehead atoms. The SMILES string of the molecule is [C-]#[N+]c1ccc2c3ccc(C#N)cc3n(-c3cccc4c3C(=O)N(c3c(-c5ccccc5)cccc3-c3ccccc3)C4=O)c2c1. The normalized spacial score (nSPS) is 12.3. The second kappa shape index (κ2) is 10.4. The summed E-state index contributed by atoms with van der Waals surface area (Å²) in [7, 11) is 0. The van der Waals surface area contributed by atoms with Crippen molar-refractivity contribution in [2.75, 3.05) is 4.90 Å². The van der Waals surface area contributed by atoms with Crippen molar-refractivity contribution >= 4 is 45.0 Å². The molecule has 0 radical (unpaired) electrons. The molecule has 0 fully saturated rings. The molecule has 0 saturated heterocycles. The topological polar surface area (TPSA) is 70.5 Å². The molecule has 2 heterocycles. The molecule has 0 aliphatic carbocycles. The second-order valence-electron chi connectivity index (χ2n) is 11.1. The number of para-hydroxylation sites is 1. The predicted molar refractivity (Wildman–Crippen MR) is 180 cm³/mol. The van der Waals surface area contributed by atoms with E-state index in [-0.39, 0.29) is 11.1 Å². The molecule has 7 aromatic rings. The molecule has 8 rings (SSSR count). The molecule has 6 heteroatoms. The average Bonchev–Trinajstić information content (AvgIpc) is 3.57. The van der Waals surface area contributed by atoms with Crippen LogP contribution in [-0.4, -0.2) is 16.4 Å². The van der Waals surface area contributed by atoms with Gasteiger partial charge in [-0.15, -0.1) is 0 Å². The van der Waals surface area contributed by atoms with Crippen molar-refractivity contribution in [2.24, 2.45) is 0 Å². The Morgan fingerprint density at radius 1 is 0.609 bits per heavy atom. The van der Waals surface area contributed by atoms with Gasteiger partial charge in [0.15, 0.2) is 5.69 Å². The molecule has 46 heavy (non-hydrogen) atoms. The van der Waals surface area contributed by atoms with Gasteiger partial charge in [-0.25, -0.2) is 9.74 Å². The zero-order chi connectivity index (χ0) is 31.4. The van der Waals surface area contributed by atoms with Gasteiger partial charge >= 0.3 is 0 Å². The van der Waals surface area contributed by atoms with Crippen molar-refractivity contribution in [3.8, 4) is 34.0 Å². The molecule has 2 amide bonds. The number of nitrogens with zero attached hydrogens (tertiary/aromatic N) is 4. The second-order valence-corrected chi connectivity index (χ2v) is 11.1. The molecule has 0 N–H and O–H groups in total. The zero-order valence-corrected chi connectivity index (χ0v) is 24.3. The van der Waals surface area contributed by atoms with E-state index in [4.69, 9.17) is 6.57 Å². The molecule has 0 spiro atoms. The number of carbonyl (C=O) groups excluding carboxylic acids is 2. The number of anilines is 1. The van der Waals surface area contributed by atoms with Gasteiger partial charge in [-0.1, -0.05) is 103 Å². The highest BCUT2D eigenvalue weighted by molar-refractivity contribution is 6.37. The third kappa shape index (κ3) is 3.95. The Morgan fingerprint density at radius 3 is 1.83 bits per heavy atom. The fourth-order valence-corrected chi connectivity index (χ4v) is 6.55. The van der Waals surface area contributed by atoms with Gasteiger partial charge in [0.05, 0.1) is 46.2 Å². The molecule has 1 aliphatic heterocycles. The van der Waals surface area contributed by atoms with Crippen LogP contribution in [0.2, 0.25) is 0 Å². The highest BCUT2D eigenvalue weighted by atomic mass is 16.2. The van der Waals surface area contributed by atoms with Crippen molar-refractivity contribution in [3.63, 3.8) is 0 Å². The molecule has 6 nitrogen and oxygen atoms in total. The third-order valence-electron chi connectivity index (χ3n) is 8.57. The first kappa shape index (κ1) is 26.8. The first-order valence-corrected chi connectivity index (χ1v) is 14.7. The summed E-state index contributed by atoms with van der Waals surface area (Å²) in [5, 5.41) is 11.5. The van der Waals surface area contributed by atoms with Crippen LogP contribution < -0.4 is 4.90 Å². The molecular weight excluding hydrogens is 568 g/mol. The monoisotopic (exact) mass is 590 g/mol. The maximum absolute atomic E-state index is 14.8. The fourth-order valence-electron chi connectivity index (χ4n) is 6.55. The summed E-state index contributed by atoms with van der Waals surface area (Å²) in [6.07, 6.45) is 0. The average molecular weight is 591 g/mol. The number of benzene rings is 6. The van der Waals surface area contributed by atoms with Crippen molar-refractivity contribution in [2.45, 2.75) is 0 Å². The maximum atomic E-state index is 14.8. The quantitative estimate of drug-likeness (QED) is 0.151. The van der Waals surface area contributed by atoms with E-state index in [1.54, 1.807) is 36.4 Å². The van der Waals surface area contributed by atoms with Gasteiger partial charge in [0.2, 0.25) is 0 Å². The number of aromatic nitrogens is 1. The minimum absolute atomic E-state index is 0.267. The number of carbonyl (C=O) groups is 2. The minimum atomic E-state index is -0.441. The van der Waals surface area contributed by atoms with Crippen molar-refractivity contribution in [1.82, 2.24) is 4.57 Å². The van der Waals surface area contributed by atoms with Gasteiger partial charge in [0.25, 0.3) is 11.8 Å². The molecule has 1 aliphatic rings. The number of fused-ring (bicyclic) bond motifs is 4. The lowest BCUT2D eigenvalue weighted by Gasteiger charge is -2.23. The Hall–Kier alpha value is -6.76. The van der Waals surface area contributed by atoms with Gasteiger partial charge in [0.1, 0.15) is 0 Å². The summed E-state index contributed by atoms with van der Waals surface area (Å²) in [5.41, 5.74) is 7.18. The van der Waals surface area contributed by atoms with Crippen LogP contribution in [0.4, 0.5) is 11.4 Å². The minimum Gasteiger partial charge on any atom is -0.310 e. The van der Waals surface area contributed by atoms with Crippen molar-refractivity contribution in [3.05, 3.63) is 162 Å². The van der Waals surface area contributed by atoms with E-state index in [0.717, 1.165) is 33.0 Å². The molecule has 0 unspecified atom stereocenters. The largest absolute Gasteiger partial charge is 0.310 e. The summed E-state index contributed by atoms with van der Waals surface area (Å²) in [4.78, 5) is 34.2. The highest BCUT2D eigenvalue weighted by Gasteiger charge is 2.41. The lowest BCUT2D eigenvalue weighted by molar-refractivity contribution is 0.0926. The van der Waals surface area contributed by atoms with E-state index in [1.165, 1.54) is 4.90 Å². The summed E-state index contributed by atoms with van der Waals surface area (Å²) in [6.45, 7) is 7.64. The first-order valence-electron chi connectivity index (χ1n) is 14.7. The van der Waals surface area contributed by atoms with E-state index in [0.29, 0.717) is 33.7 Å². The Morgan fingerprint density at radius 2 is 1.20 bits per heavy atom. The Kier molecular flexibility index (Phi) is 6.10. The van der Waals surface area contributed by atoms with E-state index in [1.807, 2.05) is 102 Å². The third-order valence-corrected chi connectivity index (χ3v) is 8.57. The molecule has 214 valence electrons. The lowest BCUT2D eigenvalue weighted by atomic mass is 9.95. The molecule has 0 atom stereocenters. The fraction of sp³-hybridized carbons (Fsp3) is 0. The van der Waals surface area contributed by atoms with Gasteiger partial charge in [-0.3, -0.25) is 9.59 Å². The summed E-state index contributed by atoms with van der Waals surface area (Å²) in [6, 6.07) is 43.6. The number of imide groups is 1. The number of hydrogen-bond acceptors (Lipinski definition) is 3. The van der Waals surface area contributed by atoms with E-state index >= 15 is 0 Å². The van der Waals surface area contributed by atoms with Gasteiger partial charge < -0.3 is 4.57 Å². The maximum Gasteiger partial charge on any atom is 0.268 e. The summed E-state index contributed by atoms with van der Waals surface area (Å²) >= 11 is 0. The Bertz CT molecular complexity index is 2350. The number of amides is 2. The Labute approximate surface area is 264 Å². The van der Waals surface area contributed by atoms with Crippen LogP contribution in [0.25, 0.3) is 54.6 Å². The number of nitriles is 1. The van der Waals surface area contributed by atoms with Crippen LogP contribution in [0.5, 0.6) is 0 Å². The smallest absolute Gasteiger partial charge is 0.268 e. The van der Waals surface area contributed by atoms with Crippen LogP contribution in [0.1, 0.15) is 26.3 Å². The van der Waals surface area contributed by atoms with Crippen molar-refractivity contribution < 1.29 is 9.59 Å². The van der Waals surface area contributed by atoms with Crippen LogP contribution in [-0.2, 0) is 0 Å². The molecule has 1 aromatic heterocycles. The molecule has 6 aromatic carbocycles. The molecule has 0 saturated carbocycles. The summed E-state index contributed by atoms with van der Waals surface area (Å²) < 4.78 is 1.90. The van der Waals surface area contributed by atoms with E-state index < -0.39 is 11.8 Å². The van der Waals surface area contributed by atoms with Crippen LogP contribution in [0, 0.1) is 17.9 Å². The van der Waals surface area contributed by atoms with Crippen molar-refractivity contribution in [1.29, 1.82) is 5.26 Å². The van der Waals surface area contributed by atoms with Gasteiger partial charge in [0, 0.05) is 27.4 Å². The first-order chi connectivity index (χ1) is 22.6. The molecular formula is C40H22N4O2. The highest BCUT2D eigenvalue weighted by Crippen LogP contribution is 2.45. The van der Waals surface area contributed by atoms with Crippen LogP contribution >= 0.6 is 0 Å². The summed E-state index contributed by atoms with van der Waals surface area (Å²) in [5.74, 6) is -0.855. The predicted octanol–water partition coefficient (Wildman–Crippen LogP) is 9.34. The number of hydrogen-bond donors (Lipinski definition) is 0. The Balaban J connectivity index is 1.41. The van der Waals surface area contributed by atoms with Gasteiger partial charge in [-0.05, 0) is 41.5 Å².